The van der Waals surface area contributed by atoms with Crippen molar-refractivity contribution in [3.05, 3.63) is 33.4 Å². The smallest absolute Gasteiger partial charge is 0.407 e. The van der Waals surface area contributed by atoms with Crippen molar-refractivity contribution < 1.29 is 14.3 Å². The zero-order valence-electron chi connectivity index (χ0n) is 14.8. The fourth-order valence-corrected chi connectivity index (χ4v) is 3.07. The van der Waals surface area contributed by atoms with Gasteiger partial charge in [0.25, 0.3) is 0 Å². The average molecular weight is 446 g/mol. The third kappa shape index (κ3) is 5.89. The monoisotopic (exact) mass is 446 g/mol. The van der Waals surface area contributed by atoms with Crippen LogP contribution in [0.5, 0.6) is 0 Å². The lowest BCUT2D eigenvalue weighted by atomic mass is 9.82. The maximum Gasteiger partial charge on any atom is 0.407 e. The highest BCUT2D eigenvalue weighted by molar-refractivity contribution is 14.1. The minimum atomic E-state index is -0.489. The molecule has 1 aromatic rings. The number of ether oxygens (including phenoxy) is 2. The van der Waals surface area contributed by atoms with E-state index in [1.807, 2.05) is 27.7 Å². The van der Waals surface area contributed by atoms with Gasteiger partial charge < -0.3 is 20.1 Å². The van der Waals surface area contributed by atoms with Gasteiger partial charge in [-0.3, -0.25) is 0 Å². The van der Waals surface area contributed by atoms with Crippen LogP contribution in [0.4, 0.5) is 4.79 Å². The number of amides is 1. The molecule has 0 heterocycles. The molecule has 134 valence electrons. The summed E-state index contributed by atoms with van der Waals surface area (Å²) in [5.41, 5.74) is 0.727. The topological polar surface area (TPSA) is 59.6 Å². The molecule has 1 aromatic carbocycles. The SMILES string of the molecule is CCOC1CC(NC(=O)OC(C)(C)C)C1NCc1ccc(I)cc1. The molecule has 1 saturated carbocycles. The minimum Gasteiger partial charge on any atom is -0.444 e. The summed E-state index contributed by atoms with van der Waals surface area (Å²) in [6.45, 7) is 9.00. The number of benzene rings is 1. The number of rotatable bonds is 6. The molecule has 0 aromatic heterocycles. The van der Waals surface area contributed by atoms with Gasteiger partial charge in [-0.2, -0.15) is 0 Å². The maximum atomic E-state index is 12.0. The Morgan fingerprint density at radius 3 is 2.54 bits per heavy atom. The Bertz CT molecular complexity index is 542. The van der Waals surface area contributed by atoms with E-state index in [1.54, 1.807) is 0 Å². The second-order valence-electron chi connectivity index (χ2n) is 7.02. The summed E-state index contributed by atoms with van der Waals surface area (Å²) in [5.74, 6) is 0. The number of alkyl carbamates (subject to hydrolysis) is 1. The Morgan fingerprint density at radius 2 is 1.96 bits per heavy atom. The molecule has 2 rings (SSSR count). The summed E-state index contributed by atoms with van der Waals surface area (Å²) in [6.07, 6.45) is 0.555. The van der Waals surface area contributed by atoms with E-state index in [2.05, 4.69) is 57.5 Å². The average Bonchev–Trinajstić information content (AvgIpc) is 2.46. The van der Waals surface area contributed by atoms with Gasteiger partial charge in [0.15, 0.2) is 0 Å². The molecule has 0 spiro atoms. The van der Waals surface area contributed by atoms with Crippen molar-refractivity contribution in [2.24, 2.45) is 0 Å². The van der Waals surface area contributed by atoms with Gasteiger partial charge in [0.1, 0.15) is 5.60 Å². The van der Waals surface area contributed by atoms with E-state index < -0.39 is 5.60 Å². The van der Waals surface area contributed by atoms with Gasteiger partial charge in [-0.1, -0.05) is 12.1 Å². The first-order valence-corrected chi connectivity index (χ1v) is 9.45. The van der Waals surface area contributed by atoms with Gasteiger partial charge in [-0.25, -0.2) is 4.79 Å². The molecule has 0 bridgehead atoms. The van der Waals surface area contributed by atoms with E-state index >= 15 is 0 Å². The molecular formula is C18H27IN2O3. The molecule has 0 aliphatic heterocycles. The third-order valence-corrected chi connectivity index (χ3v) is 4.58. The molecule has 0 saturated heterocycles. The van der Waals surface area contributed by atoms with Crippen LogP contribution in [0.25, 0.3) is 0 Å². The van der Waals surface area contributed by atoms with Gasteiger partial charge in [0.2, 0.25) is 0 Å². The molecule has 3 unspecified atom stereocenters. The number of carbonyl (C=O) groups is 1. The lowest BCUT2D eigenvalue weighted by molar-refractivity contribution is -0.0438. The second kappa shape index (κ2) is 8.49. The van der Waals surface area contributed by atoms with E-state index in [0.717, 1.165) is 13.0 Å². The third-order valence-electron chi connectivity index (χ3n) is 3.86. The van der Waals surface area contributed by atoms with Gasteiger partial charge in [-0.15, -0.1) is 0 Å². The predicted molar refractivity (Wildman–Crippen MR) is 103 cm³/mol. The van der Waals surface area contributed by atoms with E-state index in [-0.39, 0.29) is 24.3 Å². The fraction of sp³-hybridized carbons (Fsp3) is 0.611. The standard InChI is InChI=1S/C18H27IN2O3/c1-5-23-15-10-14(21-17(22)24-18(2,3)4)16(15)20-11-12-6-8-13(19)9-7-12/h6-9,14-16,20H,5,10-11H2,1-4H3,(H,21,22). The maximum absolute atomic E-state index is 12.0. The largest absolute Gasteiger partial charge is 0.444 e. The quantitative estimate of drug-likeness (QED) is 0.658. The van der Waals surface area contributed by atoms with Crippen molar-refractivity contribution in [3.8, 4) is 0 Å². The summed E-state index contributed by atoms with van der Waals surface area (Å²) in [4.78, 5) is 12.0. The Morgan fingerprint density at radius 1 is 1.29 bits per heavy atom. The molecular weight excluding hydrogens is 419 g/mol. The van der Waals surface area contributed by atoms with Gasteiger partial charge >= 0.3 is 6.09 Å². The van der Waals surface area contributed by atoms with E-state index in [4.69, 9.17) is 9.47 Å². The van der Waals surface area contributed by atoms with Gasteiger partial charge in [-0.05, 0) is 74.4 Å². The van der Waals surface area contributed by atoms with Crippen LogP contribution in [0.15, 0.2) is 24.3 Å². The Labute approximate surface area is 158 Å². The summed E-state index contributed by atoms with van der Waals surface area (Å²) < 4.78 is 12.3. The molecule has 6 heteroatoms. The van der Waals surface area contributed by atoms with Crippen molar-refractivity contribution in [1.29, 1.82) is 0 Å². The minimum absolute atomic E-state index is 0.0280. The summed E-state index contributed by atoms with van der Waals surface area (Å²) in [5, 5.41) is 6.46. The van der Waals surface area contributed by atoms with Crippen LogP contribution in [-0.2, 0) is 16.0 Å². The molecule has 1 aliphatic rings. The van der Waals surface area contributed by atoms with Crippen LogP contribution in [0.2, 0.25) is 0 Å². The second-order valence-corrected chi connectivity index (χ2v) is 8.26. The Hall–Kier alpha value is -0.860. The van der Waals surface area contributed by atoms with Crippen LogP contribution in [0.1, 0.15) is 39.7 Å². The summed E-state index contributed by atoms with van der Waals surface area (Å²) in [7, 11) is 0. The summed E-state index contributed by atoms with van der Waals surface area (Å²) >= 11 is 2.30. The van der Waals surface area contributed by atoms with Crippen LogP contribution >= 0.6 is 22.6 Å². The molecule has 0 radical (unpaired) electrons. The van der Waals surface area contributed by atoms with E-state index in [0.29, 0.717) is 6.61 Å². The van der Waals surface area contributed by atoms with Crippen molar-refractivity contribution in [2.45, 2.75) is 64.4 Å². The number of nitrogens with one attached hydrogen (secondary N) is 2. The number of carbonyl (C=O) groups excluding carboxylic acids is 1. The first-order valence-electron chi connectivity index (χ1n) is 8.37. The molecule has 3 atom stereocenters. The zero-order chi connectivity index (χ0) is 17.7. The van der Waals surface area contributed by atoms with Gasteiger partial charge in [0, 0.05) is 16.7 Å². The lowest BCUT2D eigenvalue weighted by Crippen LogP contribution is -2.66. The van der Waals surface area contributed by atoms with Crippen molar-refractivity contribution in [1.82, 2.24) is 10.6 Å². The predicted octanol–water partition coefficient (Wildman–Crippen LogP) is 3.45. The number of hydrogen-bond donors (Lipinski definition) is 2. The normalized spacial score (nSPS) is 23.5. The molecule has 2 N–H and O–H groups in total. The highest BCUT2D eigenvalue weighted by Crippen LogP contribution is 2.25. The van der Waals surface area contributed by atoms with Crippen LogP contribution < -0.4 is 10.6 Å². The van der Waals surface area contributed by atoms with E-state index in [1.165, 1.54) is 9.13 Å². The van der Waals surface area contributed by atoms with Crippen molar-refractivity contribution in [2.75, 3.05) is 6.61 Å². The highest BCUT2D eigenvalue weighted by Gasteiger charge is 2.42. The van der Waals surface area contributed by atoms with E-state index in [9.17, 15) is 4.79 Å². The molecule has 24 heavy (non-hydrogen) atoms. The Kier molecular flexibility index (Phi) is 6.88. The Balaban J connectivity index is 1.89. The number of hydrogen-bond acceptors (Lipinski definition) is 4. The van der Waals surface area contributed by atoms with Crippen LogP contribution in [-0.4, -0.2) is 36.5 Å². The first kappa shape index (κ1) is 19.5. The number of halogens is 1. The molecule has 1 aliphatic carbocycles. The summed E-state index contributed by atoms with van der Waals surface area (Å²) in [6, 6.07) is 8.53. The van der Waals surface area contributed by atoms with Crippen LogP contribution in [0, 0.1) is 3.57 Å². The fourth-order valence-electron chi connectivity index (χ4n) is 2.71. The lowest BCUT2D eigenvalue weighted by Gasteiger charge is -2.45. The molecule has 1 fully saturated rings. The van der Waals surface area contributed by atoms with Crippen LogP contribution in [0.3, 0.4) is 0 Å². The zero-order valence-corrected chi connectivity index (χ0v) is 16.9. The highest BCUT2D eigenvalue weighted by atomic mass is 127. The van der Waals surface area contributed by atoms with Crippen molar-refractivity contribution in [3.63, 3.8) is 0 Å². The molecule has 1 amide bonds. The van der Waals surface area contributed by atoms with Gasteiger partial charge in [0.05, 0.1) is 18.2 Å². The van der Waals surface area contributed by atoms with Crippen molar-refractivity contribution >= 4 is 28.7 Å². The molecule has 5 nitrogen and oxygen atoms in total. The first-order chi connectivity index (χ1) is 11.3.